The van der Waals surface area contributed by atoms with Gasteiger partial charge in [-0.15, -0.1) is 0 Å². The van der Waals surface area contributed by atoms with Crippen LogP contribution in [-0.2, 0) is 4.79 Å². The Bertz CT molecular complexity index is 790. The third-order valence-electron chi connectivity index (χ3n) is 5.23. The Kier molecular flexibility index (Phi) is 6.59. The normalized spacial score (nSPS) is 15.4. The van der Waals surface area contributed by atoms with Gasteiger partial charge < -0.3 is 4.90 Å². The third-order valence-corrected chi connectivity index (χ3v) is 5.23. The minimum atomic E-state index is -0.0793. The molecule has 1 amide bonds. The fraction of sp³-hybridized carbons (Fsp3) is 0.333. The van der Waals surface area contributed by atoms with E-state index >= 15 is 0 Å². The zero-order valence-electron chi connectivity index (χ0n) is 15.9. The fourth-order valence-electron chi connectivity index (χ4n) is 3.76. The van der Waals surface area contributed by atoms with Gasteiger partial charge in [-0.25, -0.2) is 0 Å². The predicted octanol–water partition coefficient (Wildman–Crippen LogP) is 5.34. The molecule has 1 fully saturated rings. The highest BCUT2D eigenvalue weighted by Crippen LogP contribution is 2.28. The number of carbonyl (C=O) groups is 2. The first-order chi connectivity index (χ1) is 13.1. The van der Waals surface area contributed by atoms with Crippen molar-refractivity contribution in [1.29, 1.82) is 0 Å². The molecule has 0 atom stereocenters. The maximum atomic E-state index is 12.8. The lowest BCUT2D eigenvalue weighted by Gasteiger charge is -2.31. The maximum Gasteiger partial charge on any atom is 0.223 e. The van der Waals surface area contributed by atoms with Crippen LogP contribution in [0.5, 0.6) is 0 Å². The summed E-state index contributed by atoms with van der Waals surface area (Å²) in [5.74, 6) is 0.405. The molecule has 0 unspecified atom stereocenters. The van der Waals surface area contributed by atoms with Crippen LogP contribution < -0.4 is 0 Å². The van der Waals surface area contributed by atoms with Crippen molar-refractivity contribution >= 4 is 17.4 Å². The second-order valence-corrected chi connectivity index (χ2v) is 7.26. The summed E-state index contributed by atoms with van der Waals surface area (Å²) in [6.45, 7) is 2.27. The van der Waals surface area contributed by atoms with Crippen molar-refractivity contribution in [2.75, 3.05) is 6.54 Å². The summed E-state index contributed by atoms with van der Waals surface area (Å²) >= 11 is 0. The molecule has 0 heterocycles. The van der Waals surface area contributed by atoms with Crippen LogP contribution in [0.3, 0.4) is 0 Å². The van der Waals surface area contributed by atoms with Crippen LogP contribution in [0, 0.1) is 5.92 Å². The van der Waals surface area contributed by atoms with Gasteiger partial charge in [0.2, 0.25) is 5.91 Å². The number of carbonyl (C=O) groups excluding carboxylic acids is 2. The molecule has 0 radical (unpaired) electrons. The zero-order valence-corrected chi connectivity index (χ0v) is 15.9. The van der Waals surface area contributed by atoms with E-state index in [2.05, 4.69) is 0 Å². The monoisotopic (exact) mass is 361 g/mol. The molecule has 3 rings (SSSR count). The lowest BCUT2D eigenvalue weighted by Crippen LogP contribution is -2.33. The van der Waals surface area contributed by atoms with Gasteiger partial charge in [0.1, 0.15) is 0 Å². The van der Waals surface area contributed by atoms with Gasteiger partial charge in [0.05, 0.1) is 5.70 Å². The molecule has 2 aromatic carbocycles. The van der Waals surface area contributed by atoms with Gasteiger partial charge in [-0.2, -0.15) is 0 Å². The first-order valence-corrected chi connectivity index (χ1v) is 9.80. The number of nitrogens with zero attached hydrogens (tertiary/aromatic N) is 1. The molecule has 0 aliphatic heterocycles. The van der Waals surface area contributed by atoms with E-state index in [0.717, 1.165) is 18.4 Å². The molecule has 0 spiro atoms. The highest BCUT2D eigenvalue weighted by atomic mass is 16.2. The zero-order chi connectivity index (χ0) is 19.1. The molecule has 3 heteroatoms. The highest BCUT2D eigenvalue weighted by Gasteiger charge is 2.23. The van der Waals surface area contributed by atoms with Gasteiger partial charge >= 0.3 is 0 Å². The molecule has 140 valence electrons. The maximum absolute atomic E-state index is 12.8. The van der Waals surface area contributed by atoms with E-state index in [1.54, 1.807) is 30.0 Å². The number of hydrogen-bond donors (Lipinski definition) is 0. The molecule has 0 N–H and O–H groups in total. The molecule has 0 saturated heterocycles. The minimum absolute atomic E-state index is 0.0171. The molecular weight excluding hydrogens is 334 g/mol. The van der Waals surface area contributed by atoms with E-state index in [0.29, 0.717) is 23.7 Å². The van der Waals surface area contributed by atoms with E-state index < -0.39 is 0 Å². The Labute approximate surface area is 161 Å². The number of rotatable bonds is 6. The number of hydrogen-bond acceptors (Lipinski definition) is 2. The smallest absolute Gasteiger partial charge is 0.223 e. The summed E-state index contributed by atoms with van der Waals surface area (Å²) in [5, 5.41) is 0. The van der Waals surface area contributed by atoms with Gasteiger partial charge in [0.15, 0.2) is 5.78 Å². The summed E-state index contributed by atoms with van der Waals surface area (Å²) in [6.07, 6.45) is 7.66. The number of amides is 1. The van der Waals surface area contributed by atoms with Crippen molar-refractivity contribution in [3.63, 3.8) is 0 Å². The SMILES string of the molecule is CC(=O)N(CC1CCCCC1)/C(=C/C(=O)c1ccccc1)c1ccccc1. The van der Waals surface area contributed by atoms with Gasteiger partial charge in [0, 0.05) is 25.1 Å². The first-order valence-electron chi connectivity index (χ1n) is 9.80. The third kappa shape index (κ3) is 5.16. The van der Waals surface area contributed by atoms with Crippen molar-refractivity contribution in [3.8, 4) is 0 Å². The molecule has 27 heavy (non-hydrogen) atoms. The van der Waals surface area contributed by atoms with E-state index in [9.17, 15) is 9.59 Å². The quantitative estimate of drug-likeness (QED) is 0.514. The van der Waals surface area contributed by atoms with Gasteiger partial charge in [-0.1, -0.05) is 79.9 Å². The molecule has 1 saturated carbocycles. The Morgan fingerprint density at radius 3 is 2.00 bits per heavy atom. The van der Waals surface area contributed by atoms with Crippen molar-refractivity contribution < 1.29 is 9.59 Å². The van der Waals surface area contributed by atoms with Gasteiger partial charge in [-0.3, -0.25) is 9.59 Å². The summed E-state index contributed by atoms with van der Waals surface area (Å²) in [4.78, 5) is 27.2. The summed E-state index contributed by atoms with van der Waals surface area (Å²) in [6, 6.07) is 19.0. The Morgan fingerprint density at radius 2 is 1.44 bits per heavy atom. The van der Waals surface area contributed by atoms with E-state index in [1.165, 1.54) is 19.3 Å². The van der Waals surface area contributed by atoms with Crippen LogP contribution in [0.25, 0.3) is 5.70 Å². The largest absolute Gasteiger partial charge is 0.312 e. The van der Waals surface area contributed by atoms with Crippen LogP contribution >= 0.6 is 0 Å². The average molecular weight is 361 g/mol. The van der Waals surface area contributed by atoms with Crippen molar-refractivity contribution in [2.24, 2.45) is 5.92 Å². The van der Waals surface area contributed by atoms with Crippen LogP contribution in [0.2, 0.25) is 0 Å². The summed E-state index contributed by atoms with van der Waals surface area (Å²) in [7, 11) is 0. The standard InChI is InChI=1S/C24H27NO2/c1-19(26)25(18-20-11-5-2-6-12-20)23(21-13-7-3-8-14-21)17-24(27)22-15-9-4-10-16-22/h3-4,7-10,13-17,20H,2,5-6,11-12,18H2,1H3/b23-17+. The molecule has 0 aromatic heterocycles. The topological polar surface area (TPSA) is 37.4 Å². The van der Waals surface area contributed by atoms with Crippen molar-refractivity contribution in [3.05, 3.63) is 77.9 Å². The minimum Gasteiger partial charge on any atom is -0.312 e. The molecule has 1 aliphatic rings. The molecule has 2 aromatic rings. The Balaban J connectivity index is 1.95. The lowest BCUT2D eigenvalue weighted by molar-refractivity contribution is -0.126. The average Bonchev–Trinajstić information content (AvgIpc) is 2.72. The van der Waals surface area contributed by atoms with E-state index in [1.807, 2.05) is 48.5 Å². The van der Waals surface area contributed by atoms with E-state index in [-0.39, 0.29) is 11.7 Å². The number of ketones is 1. The van der Waals surface area contributed by atoms with Gasteiger partial charge in [0.25, 0.3) is 0 Å². The summed E-state index contributed by atoms with van der Waals surface area (Å²) < 4.78 is 0. The second-order valence-electron chi connectivity index (χ2n) is 7.26. The molecule has 3 nitrogen and oxygen atoms in total. The predicted molar refractivity (Wildman–Crippen MR) is 109 cm³/mol. The van der Waals surface area contributed by atoms with E-state index in [4.69, 9.17) is 0 Å². The Hall–Kier alpha value is -2.68. The van der Waals surface area contributed by atoms with Crippen molar-refractivity contribution in [1.82, 2.24) is 4.90 Å². The van der Waals surface area contributed by atoms with Crippen LogP contribution in [0.15, 0.2) is 66.7 Å². The fourth-order valence-corrected chi connectivity index (χ4v) is 3.76. The lowest BCUT2D eigenvalue weighted by atomic mass is 9.88. The van der Waals surface area contributed by atoms with Crippen LogP contribution in [0.4, 0.5) is 0 Å². The molecule has 1 aliphatic carbocycles. The first kappa shape index (κ1) is 19.1. The van der Waals surface area contributed by atoms with Crippen LogP contribution in [0.1, 0.15) is 54.9 Å². The number of allylic oxidation sites excluding steroid dienone is 1. The highest BCUT2D eigenvalue weighted by molar-refractivity contribution is 6.09. The molecule has 0 bridgehead atoms. The van der Waals surface area contributed by atoms with Crippen LogP contribution in [-0.4, -0.2) is 23.1 Å². The van der Waals surface area contributed by atoms with Crippen molar-refractivity contribution in [2.45, 2.75) is 39.0 Å². The summed E-state index contributed by atoms with van der Waals surface area (Å²) in [5.41, 5.74) is 2.22. The van der Waals surface area contributed by atoms with Gasteiger partial charge in [-0.05, 0) is 24.3 Å². The Morgan fingerprint density at radius 1 is 0.889 bits per heavy atom. The number of benzene rings is 2. The molecular formula is C24H27NO2. The second kappa shape index (κ2) is 9.31.